The second-order valence-corrected chi connectivity index (χ2v) is 4.98. The van der Waals surface area contributed by atoms with Gasteiger partial charge >= 0.3 is 0 Å². The Balaban J connectivity index is 2.27. The summed E-state index contributed by atoms with van der Waals surface area (Å²) in [7, 11) is 0. The van der Waals surface area contributed by atoms with Crippen LogP contribution in [0.1, 0.15) is 24.5 Å². The van der Waals surface area contributed by atoms with Gasteiger partial charge in [0, 0.05) is 5.25 Å². The third-order valence-corrected chi connectivity index (χ3v) is 4.06. The van der Waals surface area contributed by atoms with E-state index in [0.717, 1.165) is 18.6 Å². The normalized spacial score (nSPS) is 23.0. The van der Waals surface area contributed by atoms with Gasteiger partial charge in [0.15, 0.2) is 0 Å². The summed E-state index contributed by atoms with van der Waals surface area (Å²) in [5.74, 6) is -0.359. The molecule has 1 nitrogen and oxygen atoms in total. The Morgan fingerprint density at radius 3 is 2.53 bits per heavy atom. The molecule has 2 atom stereocenters. The minimum atomic E-state index is -1.03. The Morgan fingerprint density at radius 1 is 1.33 bits per heavy atom. The largest absolute Gasteiger partial charge is 0.387 e. The van der Waals surface area contributed by atoms with Crippen LogP contribution >= 0.6 is 11.8 Å². The molecule has 1 N–H and O–H groups in total. The smallest absolute Gasteiger partial charge is 0.131 e. The molecular weight excluding hydrogens is 218 g/mol. The van der Waals surface area contributed by atoms with Crippen LogP contribution in [-0.2, 0) is 0 Å². The fraction of sp³-hybridized carbons (Fsp3) is 0.455. The molecule has 0 bridgehead atoms. The highest BCUT2D eigenvalue weighted by Gasteiger charge is 2.29. The molecule has 1 saturated heterocycles. The Bertz CT molecular complexity index is 330. The summed E-state index contributed by atoms with van der Waals surface area (Å²) in [5, 5.41) is 9.81. The standard InChI is InChI=1S/C11H12F2OS/c12-7-3-1-4-8(13)10(7)11(14)9-5-2-6-15-9/h1,3-4,9,11,14H,2,5-6H2. The second kappa shape index (κ2) is 4.49. The Labute approximate surface area is 91.5 Å². The molecule has 1 heterocycles. The van der Waals surface area contributed by atoms with Gasteiger partial charge in [-0.3, -0.25) is 0 Å². The lowest BCUT2D eigenvalue weighted by Gasteiger charge is -2.18. The van der Waals surface area contributed by atoms with Gasteiger partial charge in [0.1, 0.15) is 11.6 Å². The first kappa shape index (κ1) is 10.9. The lowest BCUT2D eigenvalue weighted by Crippen LogP contribution is -2.15. The third-order valence-electron chi connectivity index (χ3n) is 2.61. The lowest BCUT2D eigenvalue weighted by atomic mass is 10.0. The molecule has 15 heavy (non-hydrogen) atoms. The molecule has 0 saturated carbocycles. The summed E-state index contributed by atoms with van der Waals surface area (Å²) in [5.41, 5.74) is -0.183. The summed E-state index contributed by atoms with van der Waals surface area (Å²) in [6.45, 7) is 0. The van der Waals surface area contributed by atoms with Gasteiger partial charge in [-0.1, -0.05) is 6.07 Å². The van der Waals surface area contributed by atoms with Crippen molar-refractivity contribution >= 4 is 11.8 Å². The van der Waals surface area contributed by atoms with E-state index in [-0.39, 0.29) is 10.8 Å². The van der Waals surface area contributed by atoms with Gasteiger partial charge in [-0.25, -0.2) is 8.78 Å². The van der Waals surface area contributed by atoms with Crippen molar-refractivity contribution < 1.29 is 13.9 Å². The van der Waals surface area contributed by atoms with Crippen LogP contribution < -0.4 is 0 Å². The molecule has 1 aliphatic heterocycles. The predicted octanol–water partition coefficient (Wildman–Crippen LogP) is 2.89. The van der Waals surface area contributed by atoms with Gasteiger partial charge in [0.2, 0.25) is 0 Å². The number of aliphatic hydroxyl groups is 1. The highest BCUT2D eigenvalue weighted by Crippen LogP contribution is 2.37. The van der Waals surface area contributed by atoms with Crippen molar-refractivity contribution in [2.45, 2.75) is 24.2 Å². The maximum Gasteiger partial charge on any atom is 0.131 e. The molecule has 2 rings (SSSR count). The molecule has 0 amide bonds. The average Bonchev–Trinajstić information content (AvgIpc) is 2.69. The monoisotopic (exact) mass is 230 g/mol. The van der Waals surface area contributed by atoms with Crippen molar-refractivity contribution in [1.29, 1.82) is 0 Å². The van der Waals surface area contributed by atoms with E-state index >= 15 is 0 Å². The van der Waals surface area contributed by atoms with Gasteiger partial charge in [-0.15, -0.1) is 0 Å². The quantitative estimate of drug-likeness (QED) is 0.843. The first-order valence-corrected chi connectivity index (χ1v) is 5.98. The molecule has 0 radical (unpaired) electrons. The van der Waals surface area contributed by atoms with Crippen molar-refractivity contribution in [2.75, 3.05) is 5.75 Å². The van der Waals surface area contributed by atoms with E-state index in [4.69, 9.17) is 0 Å². The summed E-state index contributed by atoms with van der Waals surface area (Å²) in [4.78, 5) is 0. The zero-order valence-corrected chi connectivity index (χ0v) is 8.94. The molecule has 1 aromatic carbocycles. The minimum Gasteiger partial charge on any atom is -0.387 e. The number of thioether (sulfide) groups is 1. The maximum atomic E-state index is 13.3. The summed E-state index contributed by atoms with van der Waals surface area (Å²) >= 11 is 1.58. The topological polar surface area (TPSA) is 20.2 Å². The van der Waals surface area contributed by atoms with Crippen LogP contribution in [-0.4, -0.2) is 16.1 Å². The number of hydrogen-bond donors (Lipinski definition) is 1. The molecule has 1 fully saturated rings. The second-order valence-electron chi connectivity index (χ2n) is 3.63. The van der Waals surface area contributed by atoms with Crippen molar-refractivity contribution in [3.05, 3.63) is 35.4 Å². The first-order valence-electron chi connectivity index (χ1n) is 4.93. The van der Waals surface area contributed by atoms with Crippen LogP contribution in [0.2, 0.25) is 0 Å². The number of hydrogen-bond acceptors (Lipinski definition) is 2. The number of rotatable bonds is 2. The molecule has 0 spiro atoms. The van der Waals surface area contributed by atoms with Crippen LogP contribution in [0.3, 0.4) is 0 Å². The highest BCUT2D eigenvalue weighted by molar-refractivity contribution is 8.00. The van der Waals surface area contributed by atoms with Gasteiger partial charge in [0.05, 0.1) is 11.7 Å². The fourth-order valence-corrected chi connectivity index (χ4v) is 3.12. The van der Waals surface area contributed by atoms with Crippen LogP contribution in [0.4, 0.5) is 8.78 Å². The van der Waals surface area contributed by atoms with Gasteiger partial charge in [-0.05, 0) is 30.7 Å². The van der Waals surface area contributed by atoms with Gasteiger partial charge < -0.3 is 5.11 Å². The lowest BCUT2D eigenvalue weighted by molar-refractivity contribution is 0.163. The first-order chi connectivity index (χ1) is 7.20. The summed E-state index contributed by atoms with van der Waals surface area (Å²) < 4.78 is 26.7. The third kappa shape index (κ3) is 2.16. The molecule has 0 aromatic heterocycles. The van der Waals surface area contributed by atoms with E-state index in [1.807, 2.05) is 0 Å². The summed E-state index contributed by atoms with van der Waals surface area (Å²) in [6.07, 6.45) is 0.793. The highest BCUT2D eigenvalue weighted by atomic mass is 32.2. The van der Waals surface area contributed by atoms with Crippen molar-refractivity contribution in [3.8, 4) is 0 Å². The van der Waals surface area contributed by atoms with E-state index in [1.54, 1.807) is 11.8 Å². The fourth-order valence-electron chi connectivity index (χ4n) is 1.83. The van der Waals surface area contributed by atoms with Crippen molar-refractivity contribution in [1.82, 2.24) is 0 Å². The molecule has 1 aliphatic rings. The van der Waals surface area contributed by atoms with Crippen LogP contribution in [0, 0.1) is 11.6 Å². The van der Waals surface area contributed by atoms with Crippen LogP contribution in [0.25, 0.3) is 0 Å². The van der Waals surface area contributed by atoms with E-state index in [0.29, 0.717) is 0 Å². The molecule has 82 valence electrons. The zero-order valence-electron chi connectivity index (χ0n) is 8.12. The zero-order chi connectivity index (χ0) is 10.8. The van der Waals surface area contributed by atoms with Crippen molar-refractivity contribution in [2.24, 2.45) is 0 Å². The maximum absolute atomic E-state index is 13.3. The van der Waals surface area contributed by atoms with Gasteiger partial charge in [0.25, 0.3) is 0 Å². The SMILES string of the molecule is OC(c1c(F)cccc1F)C1CCCS1. The average molecular weight is 230 g/mol. The number of aliphatic hydroxyl groups excluding tert-OH is 1. The Morgan fingerprint density at radius 2 is 2.00 bits per heavy atom. The van der Waals surface area contributed by atoms with Gasteiger partial charge in [-0.2, -0.15) is 11.8 Å². The predicted molar refractivity (Wildman–Crippen MR) is 56.8 cm³/mol. The molecular formula is C11H12F2OS. The molecule has 2 unspecified atom stereocenters. The van der Waals surface area contributed by atoms with E-state index in [9.17, 15) is 13.9 Å². The van der Waals surface area contributed by atoms with Crippen molar-refractivity contribution in [3.63, 3.8) is 0 Å². The number of halogens is 2. The van der Waals surface area contributed by atoms with E-state index in [2.05, 4.69) is 0 Å². The number of benzene rings is 1. The summed E-state index contributed by atoms with van der Waals surface area (Å²) in [6, 6.07) is 3.67. The van der Waals surface area contributed by atoms with E-state index < -0.39 is 17.7 Å². The van der Waals surface area contributed by atoms with E-state index in [1.165, 1.54) is 18.2 Å². The Hall–Kier alpha value is -0.610. The Kier molecular flexibility index (Phi) is 3.26. The van der Waals surface area contributed by atoms with Crippen LogP contribution in [0.15, 0.2) is 18.2 Å². The molecule has 1 aromatic rings. The van der Waals surface area contributed by atoms with Crippen LogP contribution in [0.5, 0.6) is 0 Å². The molecule has 0 aliphatic carbocycles. The molecule has 4 heteroatoms. The minimum absolute atomic E-state index is 0.0728.